The van der Waals surface area contributed by atoms with Crippen molar-refractivity contribution in [2.24, 2.45) is 0 Å². The fourth-order valence-electron chi connectivity index (χ4n) is 1.86. The SMILES string of the molecule is CCOC(=O)N1CC=CC(Oc2cc(F)ccc2I)C1. The van der Waals surface area contributed by atoms with E-state index in [1.165, 1.54) is 12.1 Å². The maximum absolute atomic E-state index is 13.2. The Kier molecular flexibility index (Phi) is 5.22. The number of ether oxygens (including phenoxy) is 2. The molecule has 1 aliphatic rings. The second-order valence-electron chi connectivity index (χ2n) is 4.26. The van der Waals surface area contributed by atoms with Gasteiger partial charge in [0.2, 0.25) is 0 Å². The number of amides is 1. The quantitative estimate of drug-likeness (QED) is 0.587. The summed E-state index contributed by atoms with van der Waals surface area (Å²) < 4.78 is 24.7. The first-order valence-corrected chi connectivity index (χ1v) is 7.38. The third-order valence-corrected chi connectivity index (χ3v) is 3.67. The lowest BCUT2D eigenvalue weighted by Crippen LogP contribution is -2.42. The largest absolute Gasteiger partial charge is 0.483 e. The summed E-state index contributed by atoms with van der Waals surface area (Å²) in [6.07, 6.45) is 3.05. The molecule has 0 spiro atoms. The summed E-state index contributed by atoms with van der Waals surface area (Å²) >= 11 is 2.08. The smallest absolute Gasteiger partial charge is 0.410 e. The van der Waals surface area contributed by atoms with Crippen LogP contribution in [0.1, 0.15) is 6.92 Å². The predicted octanol–water partition coefficient (Wildman–Crippen LogP) is 3.21. The molecule has 0 radical (unpaired) electrons. The van der Waals surface area contributed by atoms with Crippen LogP contribution in [0.5, 0.6) is 5.75 Å². The van der Waals surface area contributed by atoms with Crippen LogP contribution in [0.2, 0.25) is 0 Å². The van der Waals surface area contributed by atoms with Gasteiger partial charge in [-0.25, -0.2) is 9.18 Å². The fourth-order valence-corrected chi connectivity index (χ4v) is 2.33. The topological polar surface area (TPSA) is 38.8 Å². The average molecular weight is 391 g/mol. The van der Waals surface area contributed by atoms with Crippen molar-refractivity contribution in [3.05, 3.63) is 39.7 Å². The Labute approximate surface area is 130 Å². The van der Waals surface area contributed by atoms with Gasteiger partial charge in [-0.05, 0) is 47.7 Å². The van der Waals surface area contributed by atoms with Gasteiger partial charge in [0.25, 0.3) is 0 Å². The van der Waals surface area contributed by atoms with E-state index in [-0.39, 0.29) is 18.0 Å². The van der Waals surface area contributed by atoms with Crippen LogP contribution in [0, 0.1) is 9.39 Å². The maximum Gasteiger partial charge on any atom is 0.410 e. The van der Waals surface area contributed by atoms with Crippen LogP contribution in [-0.4, -0.2) is 36.8 Å². The molecule has 0 bridgehead atoms. The summed E-state index contributed by atoms with van der Waals surface area (Å²) in [6.45, 7) is 2.99. The summed E-state index contributed by atoms with van der Waals surface area (Å²) in [6, 6.07) is 4.38. The van der Waals surface area contributed by atoms with Gasteiger partial charge in [0.05, 0.1) is 16.7 Å². The van der Waals surface area contributed by atoms with Crippen LogP contribution in [0.4, 0.5) is 9.18 Å². The van der Waals surface area contributed by atoms with Crippen molar-refractivity contribution in [1.29, 1.82) is 0 Å². The van der Waals surface area contributed by atoms with Crippen molar-refractivity contribution in [2.45, 2.75) is 13.0 Å². The third-order valence-electron chi connectivity index (χ3n) is 2.77. The number of carbonyl (C=O) groups is 1. The molecule has 0 N–H and O–H groups in total. The van der Waals surface area contributed by atoms with E-state index in [0.717, 1.165) is 3.57 Å². The molecule has 1 atom stereocenters. The number of hydrogen-bond donors (Lipinski definition) is 0. The minimum Gasteiger partial charge on any atom is -0.483 e. The van der Waals surface area contributed by atoms with Crippen LogP contribution in [0.15, 0.2) is 30.4 Å². The van der Waals surface area contributed by atoms with E-state index in [4.69, 9.17) is 9.47 Å². The summed E-state index contributed by atoms with van der Waals surface area (Å²) in [7, 11) is 0. The minimum absolute atomic E-state index is 0.302. The standard InChI is InChI=1S/C14H15FINO3/c1-2-19-14(18)17-7-3-4-11(9-17)20-13-8-10(15)5-6-12(13)16/h3-6,8,11H,2,7,9H2,1H3. The van der Waals surface area contributed by atoms with Crippen molar-refractivity contribution in [2.75, 3.05) is 19.7 Å². The molecule has 0 fully saturated rings. The molecular weight excluding hydrogens is 376 g/mol. The number of hydrogen-bond acceptors (Lipinski definition) is 3. The average Bonchev–Trinajstić information content (AvgIpc) is 2.43. The lowest BCUT2D eigenvalue weighted by Gasteiger charge is -2.28. The lowest BCUT2D eigenvalue weighted by molar-refractivity contribution is 0.0927. The zero-order chi connectivity index (χ0) is 14.5. The Bertz CT molecular complexity index is 521. The fraction of sp³-hybridized carbons (Fsp3) is 0.357. The van der Waals surface area contributed by atoms with E-state index in [1.54, 1.807) is 17.9 Å². The first-order valence-electron chi connectivity index (χ1n) is 6.30. The zero-order valence-electron chi connectivity index (χ0n) is 11.0. The number of benzene rings is 1. The summed E-state index contributed by atoms with van der Waals surface area (Å²) in [5.41, 5.74) is 0. The highest BCUT2D eigenvalue weighted by atomic mass is 127. The molecule has 1 aromatic rings. The van der Waals surface area contributed by atoms with E-state index in [1.807, 2.05) is 12.2 Å². The van der Waals surface area contributed by atoms with Gasteiger partial charge in [-0.15, -0.1) is 0 Å². The summed E-state index contributed by atoms with van der Waals surface area (Å²) in [5, 5.41) is 0. The van der Waals surface area contributed by atoms with Crippen molar-refractivity contribution in [3.8, 4) is 5.75 Å². The number of rotatable bonds is 3. The predicted molar refractivity (Wildman–Crippen MR) is 81.3 cm³/mol. The molecule has 6 heteroatoms. The highest BCUT2D eigenvalue weighted by Crippen LogP contribution is 2.24. The lowest BCUT2D eigenvalue weighted by atomic mass is 10.2. The second-order valence-corrected chi connectivity index (χ2v) is 5.43. The van der Waals surface area contributed by atoms with E-state index in [0.29, 0.717) is 25.4 Å². The molecule has 1 aliphatic heterocycles. The molecule has 108 valence electrons. The normalized spacial score (nSPS) is 17.9. The molecule has 1 amide bonds. The van der Waals surface area contributed by atoms with Gasteiger partial charge in [0.15, 0.2) is 0 Å². The van der Waals surface area contributed by atoms with E-state index in [9.17, 15) is 9.18 Å². The van der Waals surface area contributed by atoms with Gasteiger partial charge >= 0.3 is 6.09 Å². The number of nitrogens with zero attached hydrogens (tertiary/aromatic N) is 1. The maximum atomic E-state index is 13.2. The van der Waals surface area contributed by atoms with Crippen LogP contribution < -0.4 is 4.74 Å². The van der Waals surface area contributed by atoms with Crippen molar-refractivity contribution in [1.82, 2.24) is 4.90 Å². The summed E-state index contributed by atoms with van der Waals surface area (Å²) in [5.74, 6) is 0.133. The molecule has 0 aromatic heterocycles. The first-order chi connectivity index (χ1) is 9.60. The van der Waals surface area contributed by atoms with Crippen LogP contribution in [-0.2, 0) is 4.74 Å². The zero-order valence-corrected chi connectivity index (χ0v) is 13.2. The van der Waals surface area contributed by atoms with Crippen molar-refractivity contribution in [3.63, 3.8) is 0 Å². The van der Waals surface area contributed by atoms with E-state index >= 15 is 0 Å². The van der Waals surface area contributed by atoms with Crippen molar-refractivity contribution >= 4 is 28.7 Å². The molecule has 4 nitrogen and oxygen atoms in total. The second kappa shape index (κ2) is 6.92. The molecule has 0 saturated carbocycles. The molecule has 20 heavy (non-hydrogen) atoms. The van der Waals surface area contributed by atoms with E-state index in [2.05, 4.69) is 22.6 Å². The number of halogens is 2. The molecule has 2 rings (SSSR count). The molecule has 1 heterocycles. The van der Waals surface area contributed by atoms with E-state index < -0.39 is 0 Å². The number of carbonyl (C=O) groups excluding carboxylic acids is 1. The van der Waals surface area contributed by atoms with Gasteiger partial charge in [-0.1, -0.05) is 6.08 Å². The Balaban J connectivity index is 2.03. The van der Waals surface area contributed by atoms with Gasteiger partial charge in [0.1, 0.15) is 17.7 Å². The summed E-state index contributed by atoms with van der Waals surface area (Å²) in [4.78, 5) is 13.2. The molecule has 1 aromatic carbocycles. The highest BCUT2D eigenvalue weighted by Gasteiger charge is 2.22. The van der Waals surface area contributed by atoms with Gasteiger partial charge in [0, 0.05) is 12.6 Å². The molecule has 0 aliphatic carbocycles. The monoisotopic (exact) mass is 391 g/mol. The first kappa shape index (κ1) is 15.1. The van der Waals surface area contributed by atoms with Crippen molar-refractivity contribution < 1.29 is 18.7 Å². The molecule has 1 unspecified atom stereocenters. The highest BCUT2D eigenvalue weighted by molar-refractivity contribution is 14.1. The van der Waals surface area contributed by atoms with Gasteiger partial charge in [-0.3, -0.25) is 0 Å². The van der Waals surface area contributed by atoms with Crippen LogP contribution in [0.3, 0.4) is 0 Å². The Morgan fingerprint density at radius 3 is 3.10 bits per heavy atom. The minimum atomic E-state index is -0.362. The Morgan fingerprint density at radius 1 is 1.55 bits per heavy atom. The third kappa shape index (κ3) is 3.84. The van der Waals surface area contributed by atoms with Gasteiger partial charge in [-0.2, -0.15) is 0 Å². The van der Waals surface area contributed by atoms with Gasteiger partial charge < -0.3 is 14.4 Å². The molecule has 0 saturated heterocycles. The van der Waals surface area contributed by atoms with Crippen LogP contribution in [0.25, 0.3) is 0 Å². The Hall–Kier alpha value is -1.31. The molecular formula is C14H15FINO3. The van der Waals surface area contributed by atoms with Crippen LogP contribution >= 0.6 is 22.6 Å². The Morgan fingerprint density at radius 2 is 2.35 bits per heavy atom.